The van der Waals surface area contributed by atoms with Crippen LogP contribution in [-0.4, -0.2) is 25.1 Å². The molecule has 0 bridgehead atoms. The van der Waals surface area contributed by atoms with Gasteiger partial charge in [-0.25, -0.2) is 13.4 Å². The lowest BCUT2D eigenvalue weighted by Gasteiger charge is -2.04. The molecule has 0 aliphatic carbocycles. The zero-order valence-electron chi connectivity index (χ0n) is 16.8. The molecule has 0 saturated heterocycles. The average Bonchev–Trinajstić information content (AvgIpc) is 3.24. The smallest absolute Gasteiger partial charge is 0.257 e. The zero-order chi connectivity index (χ0) is 21.8. The molecule has 5 nitrogen and oxygen atoms in total. The number of amides is 1. The van der Waals surface area contributed by atoms with Gasteiger partial charge in [-0.3, -0.25) is 10.1 Å². The summed E-state index contributed by atoms with van der Waals surface area (Å²) in [6, 6.07) is 25.7. The number of anilines is 1. The monoisotopic (exact) mass is 448 g/mol. The van der Waals surface area contributed by atoms with Gasteiger partial charge in [0.05, 0.1) is 21.2 Å². The molecular formula is C24H20N2O3S2. The molecule has 1 heterocycles. The van der Waals surface area contributed by atoms with E-state index in [1.54, 1.807) is 6.92 Å². The highest BCUT2D eigenvalue weighted by atomic mass is 32.2. The molecule has 0 unspecified atom stereocenters. The number of nitrogens with one attached hydrogen (secondary N) is 1. The molecule has 0 atom stereocenters. The lowest BCUT2D eigenvalue weighted by Crippen LogP contribution is -2.12. The summed E-state index contributed by atoms with van der Waals surface area (Å²) < 4.78 is 23.9. The SMILES string of the molecule is CCS(=O)(=O)c1ccc(C(=O)Nc2nc(-c3ccccc3)c(-c3ccccc3)s2)cc1. The van der Waals surface area contributed by atoms with Crippen molar-refractivity contribution < 1.29 is 13.2 Å². The standard InChI is InChI=1S/C24H20N2O3S2/c1-2-31(28,29)20-15-13-19(14-16-20)23(27)26-24-25-21(17-9-5-3-6-10-17)22(30-24)18-11-7-4-8-12-18/h3-16H,2H2,1H3,(H,25,26,27). The number of rotatable bonds is 6. The third-order valence-corrected chi connectivity index (χ3v) is 7.56. The van der Waals surface area contributed by atoms with Crippen LogP contribution in [0.15, 0.2) is 89.8 Å². The molecule has 1 aromatic heterocycles. The van der Waals surface area contributed by atoms with E-state index < -0.39 is 9.84 Å². The van der Waals surface area contributed by atoms with E-state index in [4.69, 9.17) is 0 Å². The predicted octanol–water partition coefficient (Wildman–Crippen LogP) is 5.52. The van der Waals surface area contributed by atoms with Gasteiger partial charge < -0.3 is 0 Å². The Morgan fingerprint density at radius 3 is 2.03 bits per heavy atom. The zero-order valence-corrected chi connectivity index (χ0v) is 18.4. The normalized spacial score (nSPS) is 11.3. The highest BCUT2D eigenvalue weighted by Gasteiger charge is 2.18. The van der Waals surface area contributed by atoms with E-state index >= 15 is 0 Å². The van der Waals surface area contributed by atoms with E-state index in [0.29, 0.717) is 10.7 Å². The van der Waals surface area contributed by atoms with Gasteiger partial charge in [-0.2, -0.15) is 0 Å². The second-order valence-corrected chi connectivity index (χ2v) is 10.1. The predicted molar refractivity (Wildman–Crippen MR) is 125 cm³/mol. The van der Waals surface area contributed by atoms with Gasteiger partial charge in [0.1, 0.15) is 0 Å². The number of benzene rings is 3. The molecule has 0 aliphatic rings. The Hall–Kier alpha value is -3.29. The second-order valence-electron chi connectivity index (χ2n) is 6.81. The molecule has 0 radical (unpaired) electrons. The van der Waals surface area contributed by atoms with E-state index in [-0.39, 0.29) is 16.6 Å². The summed E-state index contributed by atoms with van der Waals surface area (Å²) >= 11 is 1.40. The first-order valence-corrected chi connectivity index (χ1v) is 12.2. The van der Waals surface area contributed by atoms with E-state index in [1.165, 1.54) is 35.6 Å². The lowest BCUT2D eigenvalue weighted by atomic mass is 10.1. The van der Waals surface area contributed by atoms with Crippen LogP contribution in [0.2, 0.25) is 0 Å². The number of hydrogen-bond donors (Lipinski definition) is 1. The van der Waals surface area contributed by atoms with Gasteiger partial charge in [0, 0.05) is 11.1 Å². The highest BCUT2D eigenvalue weighted by molar-refractivity contribution is 7.91. The summed E-state index contributed by atoms with van der Waals surface area (Å²) in [5, 5.41) is 3.33. The van der Waals surface area contributed by atoms with E-state index in [9.17, 15) is 13.2 Å². The first kappa shape index (κ1) is 21.0. The first-order chi connectivity index (χ1) is 15.0. The van der Waals surface area contributed by atoms with Gasteiger partial charge >= 0.3 is 0 Å². The number of hydrogen-bond acceptors (Lipinski definition) is 5. The summed E-state index contributed by atoms with van der Waals surface area (Å²) in [5.41, 5.74) is 3.16. The van der Waals surface area contributed by atoms with E-state index in [2.05, 4.69) is 10.3 Å². The molecule has 31 heavy (non-hydrogen) atoms. The van der Waals surface area contributed by atoms with Crippen molar-refractivity contribution in [1.29, 1.82) is 0 Å². The Morgan fingerprint density at radius 1 is 0.871 bits per heavy atom. The van der Waals surface area contributed by atoms with E-state index in [0.717, 1.165) is 21.7 Å². The van der Waals surface area contributed by atoms with Gasteiger partial charge in [0.25, 0.3) is 5.91 Å². The Kier molecular flexibility index (Phi) is 5.97. The van der Waals surface area contributed by atoms with Crippen LogP contribution in [0.1, 0.15) is 17.3 Å². The minimum absolute atomic E-state index is 0.0161. The Morgan fingerprint density at radius 2 is 1.45 bits per heavy atom. The molecule has 4 rings (SSSR count). The minimum atomic E-state index is -3.31. The summed E-state index contributed by atoms with van der Waals surface area (Å²) in [7, 11) is -3.31. The van der Waals surface area contributed by atoms with Crippen molar-refractivity contribution in [3.05, 3.63) is 90.5 Å². The van der Waals surface area contributed by atoms with Crippen molar-refractivity contribution in [1.82, 2.24) is 4.98 Å². The van der Waals surface area contributed by atoms with Crippen LogP contribution in [0.5, 0.6) is 0 Å². The number of carbonyl (C=O) groups is 1. The third-order valence-electron chi connectivity index (χ3n) is 4.79. The molecule has 4 aromatic rings. The molecule has 156 valence electrons. The van der Waals surface area contributed by atoms with Gasteiger partial charge in [-0.1, -0.05) is 78.9 Å². The Labute approximate surface area is 185 Å². The van der Waals surface area contributed by atoms with Gasteiger partial charge in [0.2, 0.25) is 0 Å². The average molecular weight is 449 g/mol. The third kappa shape index (κ3) is 4.57. The summed E-state index contributed by atoms with van der Waals surface area (Å²) in [5.74, 6) is -0.323. The fourth-order valence-corrected chi connectivity index (χ4v) is 4.97. The minimum Gasteiger partial charge on any atom is -0.298 e. The number of nitrogens with zero attached hydrogens (tertiary/aromatic N) is 1. The molecule has 7 heteroatoms. The quantitative estimate of drug-likeness (QED) is 0.421. The van der Waals surface area contributed by atoms with Crippen molar-refractivity contribution >= 4 is 32.2 Å². The van der Waals surface area contributed by atoms with Crippen LogP contribution in [-0.2, 0) is 9.84 Å². The van der Waals surface area contributed by atoms with Crippen molar-refractivity contribution in [2.24, 2.45) is 0 Å². The topological polar surface area (TPSA) is 76.1 Å². The Bertz CT molecular complexity index is 1240. The maximum absolute atomic E-state index is 12.7. The number of carbonyl (C=O) groups excluding carboxylic acids is 1. The largest absolute Gasteiger partial charge is 0.298 e. The van der Waals surface area contributed by atoms with Crippen LogP contribution < -0.4 is 5.32 Å². The fourth-order valence-electron chi connectivity index (χ4n) is 3.10. The van der Waals surface area contributed by atoms with Crippen LogP contribution in [0.4, 0.5) is 5.13 Å². The van der Waals surface area contributed by atoms with Crippen LogP contribution in [0.3, 0.4) is 0 Å². The molecular weight excluding hydrogens is 428 g/mol. The van der Waals surface area contributed by atoms with Crippen molar-refractivity contribution in [2.45, 2.75) is 11.8 Å². The Balaban J connectivity index is 1.65. The molecule has 0 saturated carbocycles. The van der Waals surface area contributed by atoms with E-state index in [1.807, 2.05) is 60.7 Å². The number of thiazole rings is 1. The molecule has 0 fully saturated rings. The number of aromatic nitrogens is 1. The molecule has 0 aliphatic heterocycles. The lowest BCUT2D eigenvalue weighted by molar-refractivity contribution is 0.102. The summed E-state index contributed by atoms with van der Waals surface area (Å²) in [6.45, 7) is 1.59. The van der Waals surface area contributed by atoms with Crippen LogP contribution in [0.25, 0.3) is 21.7 Å². The van der Waals surface area contributed by atoms with Crippen LogP contribution in [0, 0.1) is 0 Å². The van der Waals surface area contributed by atoms with Gasteiger partial charge in [-0.05, 0) is 29.8 Å². The second kappa shape index (κ2) is 8.83. The maximum atomic E-state index is 12.7. The molecule has 3 aromatic carbocycles. The van der Waals surface area contributed by atoms with Gasteiger partial charge in [0.15, 0.2) is 15.0 Å². The van der Waals surface area contributed by atoms with Crippen molar-refractivity contribution in [3.8, 4) is 21.7 Å². The first-order valence-electron chi connectivity index (χ1n) is 9.74. The number of sulfone groups is 1. The fraction of sp³-hybridized carbons (Fsp3) is 0.0833. The molecule has 0 spiro atoms. The summed E-state index contributed by atoms with van der Waals surface area (Å²) in [4.78, 5) is 18.6. The molecule has 1 amide bonds. The van der Waals surface area contributed by atoms with Crippen molar-refractivity contribution in [2.75, 3.05) is 11.1 Å². The maximum Gasteiger partial charge on any atom is 0.257 e. The van der Waals surface area contributed by atoms with Crippen LogP contribution >= 0.6 is 11.3 Å². The molecule has 1 N–H and O–H groups in total. The van der Waals surface area contributed by atoms with Gasteiger partial charge in [-0.15, -0.1) is 0 Å². The highest BCUT2D eigenvalue weighted by Crippen LogP contribution is 2.39. The van der Waals surface area contributed by atoms with Crippen molar-refractivity contribution in [3.63, 3.8) is 0 Å². The summed E-state index contributed by atoms with van der Waals surface area (Å²) in [6.07, 6.45) is 0.